The predicted molar refractivity (Wildman–Crippen MR) is 215 cm³/mol. The van der Waals surface area contributed by atoms with Gasteiger partial charge in [-0.25, -0.2) is 0 Å². The minimum Gasteiger partial charge on any atom is -0.456 e. The number of hydrogen-bond acceptors (Lipinski definition) is 2. The maximum atomic E-state index is 6.52. The molecule has 0 N–H and O–H groups in total. The summed E-state index contributed by atoms with van der Waals surface area (Å²) in [5.41, 5.74) is 14.0. The number of furan rings is 1. The predicted octanol–water partition coefficient (Wildman–Crippen LogP) is 13.6. The number of hydrogen-bond donors (Lipinski definition) is 0. The third-order valence-electron chi connectivity index (χ3n) is 13.6. The monoisotopic (exact) mass is 669 g/mol. The first-order valence-corrected chi connectivity index (χ1v) is 19.3. The van der Waals surface area contributed by atoms with Crippen molar-refractivity contribution < 1.29 is 4.42 Å². The third kappa shape index (κ3) is 3.90. The molecular formula is C50H39NO. The zero-order valence-electron chi connectivity index (χ0n) is 29.1. The Balaban J connectivity index is 1.11. The van der Waals surface area contributed by atoms with E-state index >= 15 is 0 Å². The van der Waals surface area contributed by atoms with Gasteiger partial charge in [0, 0.05) is 39.0 Å². The van der Waals surface area contributed by atoms with Crippen LogP contribution in [0.2, 0.25) is 0 Å². The minimum atomic E-state index is 0.100. The molecule has 1 heterocycles. The lowest BCUT2D eigenvalue weighted by Gasteiger charge is -2.61. The summed E-state index contributed by atoms with van der Waals surface area (Å²) in [4.78, 5) is 2.51. The summed E-state index contributed by atoms with van der Waals surface area (Å²) in [5.74, 6) is 3.25. The van der Waals surface area contributed by atoms with E-state index in [9.17, 15) is 0 Å². The number of benzene rings is 7. The van der Waals surface area contributed by atoms with E-state index in [1.807, 2.05) is 0 Å². The Bertz CT molecular complexity index is 2690. The molecule has 4 bridgehead atoms. The van der Waals surface area contributed by atoms with Gasteiger partial charge in [0.1, 0.15) is 11.2 Å². The molecule has 1 aromatic heterocycles. The molecule has 4 fully saturated rings. The van der Waals surface area contributed by atoms with Gasteiger partial charge in [0.05, 0.1) is 5.69 Å². The van der Waals surface area contributed by atoms with Gasteiger partial charge in [-0.2, -0.15) is 0 Å². The fourth-order valence-corrected chi connectivity index (χ4v) is 11.9. The van der Waals surface area contributed by atoms with Crippen molar-refractivity contribution >= 4 is 49.8 Å². The van der Waals surface area contributed by atoms with E-state index in [1.54, 1.807) is 11.1 Å². The number of fused-ring (bicyclic) bond motifs is 7. The summed E-state index contributed by atoms with van der Waals surface area (Å²) in [6, 6.07) is 56.5. The van der Waals surface area contributed by atoms with Crippen LogP contribution in [0.5, 0.6) is 0 Å². The van der Waals surface area contributed by atoms with Crippen molar-refractivity contribution in [1.29, 1.82) is 0 Å². The van der Waals surface area contributed by atoms with E-state index in [0.717, 1.165) is 39.5 Å². The molecule has 52 heavy (non-hydrogen) atoms. The molecular weight excluding hydrogens is 631 g/mol. The molecule has 5 aliphatic carbocycles. The van der Waals surface area contributed by atoms with Gasteiger partial charge < -0.3 is 9.32 Å². The van der Waals surface area contributed by atoms with E-state index < -0.39 is 0 Å². The van der Waals surface area contributed by atoms with Crippen molar-refractivity contribution in [2.45, 2.75) is 37.5 Å². The topological polar surface area (TPSA) is 16.4 Å². The molecule has 7 aromatic carbocycles. The van der Waals surface area contributed by atoms with Crippen molar-refractivity contribution in [3.63, 3.8) is 0 Å². The molecule has 4 saturated carbocycles. The molecule has 0 amide bonds. The van der Waals surface area contributed by atoms with Gasteiger partial charge in [-0.3, -0.25) is 0 Å². The fraction of sp³-hybridized carbons (Fsp3) is 0.200. The molecule has 0 radical (unpaired) electrons. The lowest BCUT2D eigenvalue weighted by molar-refractivity contribution is -0.0399. The summed E-state index contributed by atoms with van der Waals surface area (Å²) >= 11 is 0. The summed E-state index contributed by atoms with van der Waals surface area (Å²) in [6.45, 7) is 0. The van der Waals surface area contributed by atoms with Gasteiger partial charge in [0.2, 0.25) is 0 Å². The Kier molecular flexibility index (Phi) is 5.98. The Labute approximate surface area is 304 Å². The number of anilines is 3. The smallest absolute Gasteiger partial charge is 0.137 e. The van der Waals surface area contributed by atoms with E-state index in [2.05, 4.69) is 157 Å². The molecule has 0 unspecified atom stereocenters. The molecule has 0 atom stereocenters. The number of rotatable bonds is 4. The van der Waals surface area contributed by atoms with Crippen molar-refractivity contribution in [3.8, 4) is 22.3 Å². The average Bonchev–Trinajstić information content (AvgIpc) is 3.70. The Hall–Kier alpha value is -5.60. The highest BCUT2D eigenvalue weighted by Gasteiger charge is 2.61. The second-order valence-corrected chi connectivity index (χ2v) is 16.1. The normalized spacial score (nSPS) is 23.8. The van der Waals surface area contributed by atoms with Crippen LogP contribution in [0.15, 0.2) is 156 Å². The average molecular weight is 670 g/mol. The van der Waals surface area contributed by atoms with E-state index in [0.29, 0.717) is 11.8 Å². The first kappa shape index (κ1) is 29.0. The van der Waals surface area contributed by atoms with Crippen LogP contribution in [0.1, 0.15) is 43.2 Å². The number of para-hydroxylation sites is 1. The van der Waals surface area contributed by atoms with Crippen LogP contribution in [-0.2, 0) is 5.41 Å². The fourth-order valence-electron chi connectivity index (χ4n) is 11.9. The van der Waals surface area contributed by atoms with Crippen LogP contribution in [0.4, 0.5) is 17.1 Å². The van der Waals surface area contributed by atoms with E-state index in [-0.39, 0.29) is 5.41 Å². The molecule has 2 heteroatoms. The van der Waals surface area contributed by atoms with Crippen LogP contribution < -0.4 is 4.90 Å². The molecule has 5 aliphatic rings. The largest absolute Gasteiger partial charge is 0.456 e. The van der Waals surface area contributed by atoms with Crippen molar-refractivity contribution in [1.82, 2.24) is 0 Å². The van der Waals surface area contributed by atoms with Crippen LogP contribution in [0, 0.1) is 23.7 Å². The lowest BCUT2D eigenvalue weighted by atomic mass is 9.43. The first-order chi connectivity index (χ1) is 25.7. The minimum absolute atomic E-state index is 0.100. The molecule has 1 spiro atoms. The molecule has 250 valence electrons. The molecule has 0 saturated heterocycles. The Morgan fingerprint density at radius 1 is 0.442 bits per heavy atom. The molecule has 13 rings (SSSR count). The van der Waals surface area contributed by atoms with Crippen LogP contribution in [-0.4, -0.2) is 0 Å². The third-order valence-corrected chi connectivity index (χ3v) is 13.6. The zero-order valence-corrected chi connectivity index (χ0v) is 29.1. The molecule has 2 nitrogen and oxygen atoms in total. The van der Waals surface area contributed by atoms with Crippen LogP contribution in [0.3, 0.4) is 0 Å². The maximum Gasteiger partial charge on any atom is 0.137 e. The van der Waals surface area contributed by atoms with Crippen molar-refractivity contribution in [2.24, 2.45) is 23.7 Å². The second-order valence-electron chi connectivity index (χ2n) is 16.1. The van der Waals surface area contributed by atoms with Gasteiger partial charge >= 0.3 is 0 Å². The quantitative estimate of drug-likeness (QED) is 0.185. The number of nitrogens with zero attached hydrogens (tertiary/aromatic N) is 1. The van der Waals surface area contributed by atoms with Gasteiger partial charge in [0.25, 0.3) is 0 Å². The molecule has 0 aliphatic heterocycles. The highest BCUT2D eigenvalue weighted by molar-refractivity contribution is 6.09. The SMILES string of the molecule is c1ccc(-c2ccc(N(c3ccc4c(c3)C3(c5ccccc5-4)C4CC5CC(C4)CC3C5)c3ccc4c(c3)oc3ccccc34)c3ccccc23)cc1. The molecule has 8 aromatic rings. The van der Waals surface area contributed by atoms with Crippen molar-refractivity contribution in [3.05, 3.63) is 163 Å². The Morgan fingerprint density at radius 2 is 1.06 bits per heavy atom. The van der Waals surface area contributed by atoms with Gasteiger partial charge in [0.15, 0.2) is 0 Å². The van der Waals surface area contributed by atoms with Crippen LogP contribution in [0.25, 0.3) is 55.0 Å². The van der Waals surface area contributed by atoms with E-state index in [1.165, 1.54) is 76.5 Å². The summed E-state index contributed by atoms with van der Waals surface area (Å²) in [6.07, 6.45) is 6.97. The van der Waals surface area contributed by atoms with Gasteiger partial charge in [-0.05, 0) is 131 Å². The standard InChI is InChI=1S/C50H39NO/c1-2-10-33(11-3-1)38-22-23-47(42-14-5-4-12-39(38)42)51(37-19-21-44-43-15-7-9-17-48(43)52-49(44)30-37)36-18-20-41-40-13-6-8-16-45(40)50(46(41)29-36)34-25-31-24-32(27-34)28-35(50)26-31/h1-23,29-32,34-35H,24-28H2. The highest BCUT2D eigenvalue weighted by atomic mass is 16.3. The van der Waals surface area contributed by atoms with Crippen LogP contribution >= 0.6 is 0 Å². The summed E-state index contributed by atoms with van der Waals surface area (Å²) < 4.78 is 6.52. The zero-order chi connectivity index (χ0) is 34.0. The van der Waals surface area contributed by atoms with Crippen molar-refractivity contribution in [2.75, 3.05) is 4.90 Å². The van der Waals surface area contributed by atoms with E-state index in [4.69, 9.17) is 4.42 Å². The highest BCUT2D eigenvalue weighted by Crippen LogP contribution is 2.69. The summed E-state index contributed by atoms with van der Waals surface area (Å²) in [7, 11) is 0. The van der Waals surface area contributed by atoms with Gasteiger partial charge in [-0.1, -0.05) is 109 Å². The second kappa shape index (κ2) is 10.7. The Morgan fingerprint density at radius 3 is 1.88 bits per heavy atom. The maximum absolute atomic E-state index is 6.52. The van der Waals surface area contributed by atoms with Gasteiger partial charge in [-0.15, -0.1) is 0 Å². The first-order valence-electron chi connectivity index (χ1n) is 19.3. The summed E-state index contributed by atoms with van der Waals surface area (Å²) in [5, 5.41) is 4.81. The lowest BCUT2D eigenvalue weighted by Crippen LogP contribution is -2.55.